The second-order valence-corrected chi connectivity index (χ2v) is 9.45. The largest absolute Gasteiger partial charge is 0.495 e. The van der Waals surface area contributed by atoms with Crippen molar-refractivity contribution in [1.82, 2.24) is 5.32 Å². The van der Waals surface area contributed by atoms with Gasteiger partial charge in [-0.05, 0) is 18.6 Å². The Bertz CT molecular complexity index is 1030. The van der Waals surface area contributed by atoms with E-state index in [0.717, 1.165) is 6.26 Å². The molecule has 2 aromatic carbocycles. The van der Waals surface area contributed by atoms with E-state index in [1.165, 1.54) is 30.7 Å². The number of nitrogens with one attached hydrogen (secondary N) is 1. The molecular weight excluding hydrogens is 479 g/mol. The van der Waals surface area contributed by atoms with E-state index in [2.05, 4.69) is 5.32 Å². The molecule has 0 aliphatic heterocycles. The van der Waals surface area contributed by atoms with Crippen LogP contribution in [0.1, 0.15) is 12.8 Å². The Morgan fingerprint density at radius 1 is 1.03 bits per heavy atom. The molecule has 1 amide bonds. The number of halogens is 2. The Labute approximate surface area is 198 Å². The van der Waals surface area contributed by atoms with E-state index >= 15 is 0 Å². The third-order valence-corrected chi connectivity index (χ3v) is 6.19. The maximum absolute atomic E-state index is 12.4. The molecule has 0 spiro atoms. The lowest BCUT2D eigenvalue weighted by Gasteiger charge is -2.25. The average Bonchev–Trinajstić information content (AvgIpc) is 2.74. The number of ether oxygens (including phenoxy) is 3. The van der Waals surface area contributed by atoms with Crippen LogP contribution in [0.2, 0.25) is 10.0 Å². The van der Waals surface area contributed by atoms with Crippen LogP contribution in [0.5, 0.6) is 17.2 Å². The summed E-state index contributed by atoms with van der Waals surface area (Å²) in [4.78, 5) is 12.1. The molecule has 32 heavy (non-hydrogen) atoms. The molecule has 0 aromatic heterocycles. The Kier molecular flexibility index (Phi) is 9.74. The van der Waals surface area contributed by atoms with Gasteiger partial charge in [0.1, 0.15) is 23.9 Å². The molecule has 0 heterocycles. The van der Waals surface area contributed by atoms with E-state index in [1.807, 2.05) is 0 Å². The van der Waals surface area contributed by atoms with Gasteiger partial charge in [0.25, 0.3) is 0 Å². The first kappa shape index (κ1) is 25.9. The minimum atomic E-state index is -3.65. The van der Waals surface area contributed by atoms with Gasteiger partial charge in [-0.2, -0.15) is 0 Å². The van der Waals surface area contributed by atoms with Gasteiger partial charge in [-0.1, -0.05) is 35.3 Å². The van der Waals surface area contributed by atoms with E-state index < -0.39 is 10.0 Å². The molecule has 0 radical (unpaired) electrons. The molecule has 0 aliphatic carbocycles. The lowest BCUT2D eigenvalue weighted by Crippen LogP contribution is -2.33. The normalized spacial score (nSPS) is 11.0. The van der Waals surface area contributed by atoms with E-state index in [-0.39, 0.29) is 36.9 Å². The quantitative estimate of drug-likeness (QED) is 0.442. The average molecular weight is 505 g/mol. The van der Waals surface area contributed by atoms with Crippen molar-refractivity contribution in [3.8, 4) is 17.2 Å². The monoisotopic (exact) mass is 504 g/mol. The molecule has 8 nitrogen and oxygen atoms in total. The highest BCUT2D eigenvalue weighted by Gasteiger charge is 2.23. The van der Waals surface area contributed by atoms with Gasteiger partial charge in [-0.25, -0.2) is 8.42 Å². The summed E-state index contributed by atoms with van der Waals surface area (Å²) in [6.45, 7) is 0.623. The number of benzene rings is 2. The highest BCUT2D eigenvalue weighted by molar-refractivity contribution is 7.92. The molecule has 2 rings (SSSR count). The van der Waals surface area contributed by atoms with Crippen LogP contribution in [0, 0.1) is 0 Å². The molecule has 0 fully saturated rings. The fourth-order valence-electron chi connectivity index (χ4n) is 2.89. The minimum absolute atomic E-state index is 0.0729. The molecule has 0 saturated carbocycles. The van der Waals surface area contributed by atoms with Crippen molar-refractivity contribution in [3.05, 3.63) is 46.4 Å². The highest BCUT2D eigenvalue weighted by Crippen LogP contribution is 2.39. The SMILES string of the molecule is COc1cc(N(CCCC(=O)NCCOc2ccccc2Cl)S(C)(=O)=O)c(OC)cc1Cl. The maximum atomic E-state index is 12.4. The first-order valence-corrected chi connectivity index (χ1v) is 12.3. The predicted molar refractivity (Wildman–Crippen MR) is 126 cm³/mol. The number of amides is 1. The zero-order chi connectivity index (χ0) is 23.7. The third kappa shape index (κ3) is 7.36. The number of carbonyl (C=O) groups excluding carboxylic acids is 1. The number of nitrogens with zero attached hydrogens (tertiary/aromatic N) is 1. The molecule has 0 saturated heterocycles. The molecule has 0 unspecified atom stereocenters. The van der Waals surface area contributed by atoms with Crippen molar-refractivity contribution in [3.63, 3.8) is 0 Å². The van der Waals surface area contributed by atoms with Crippen molar-refractivity contribution < 1.29 is 27.4 Å². The van der Waals surface area contributed by atoms with E-state index in [4.69, 9.17) is 37.4 Å². The molecule has 2 aromatic rings. The van der Waals surface area contributed by atoms with Crippen LogP contribution in [0.15, 0.2) is 36.4 Å². The van der Waals surface area contributed by atoms with Crippen LogP contribution in [-0.2, 0) is 14.8 Å². The number of carbonyl (C=O) groups is 1. The second-order valence-electron chi connectivity index (χ2n) is 6.73. The lowest BCUT2D eigenvalue weighted by atomic mass is 10.2. The Morgan fingerprint density at radius 2 is 1.72 bits per heavy atom. The number of methoxy groups -OCH3 is 2. The second kappa shape index (κ2) is 12.0. The fraction of sp³-hybridized carbons (Fsp3) is 0.381. The van der Waals surface area contributed by atoms with Crippen molar-refractivity contribution >= 4 is 44.8 Å². The van der Waals surface area contributed by atoms with Gasteiger partial charge >= 0.3 is 0 Å². The summed E-state index contributed by atoms with van der Waals surface area (Å²) in [5, 5.41) is 3.52. The van der Waals surface area contributed by atoms with Crippen molar-refractivity contribution in [1.29, 1.82) is 0 Å². The minimum Gasteiger partial charge on any atom is -0.495 e. The van der Waals surface area contributed by atoms with E-state index in [0.29, 0.717) is 34.5 Å². The summed E-state index contributed by atoms with van der Waals surface area (Å²) in [5.41, 5.74) is 0.282. The first-order valence-electron chi connectivity index (χ1n) is 9.70. The van der Waals surface area contributed by atoms with Gasteiger partial charge in [0, 0.05) is 25.1 Å². The van der Waals surface area contributed by atoms with Crippen LogP contribution < -0.4 is 23.8 Å². The molecule has 11 heteroatoms. The topological polar surface area (TPSA) is 94.2 Å². The maximum Gasteiger partial charge on any atom is 0.232 e. The Morgan fingerprint density at radius 3 is 2.34 bits per heavy atom. The number of hydrogen-bond donors (Lipinski definition) is 1. The van der Waals surface area contributed by atoms with Gasteiger partial charge in [0.15, 0.2) is 0 Å². The summed E-state index contributed by atoms with van der Waals surface area (Å²) in [6, 6.07) is 10.0. The molecule has 0 bridgehead atoms. The van der Waals surface area contributed by atoms with E-state index in [1.54, 1.807) is 24.3 Å². The molecular formula is C21H26Cl2N2O6S. The highest BCUT2D eigenvalue weighted by atomic mass is 35.5. The number of anilines is 1. The van der Waals surface area contributed by atoms with Crippen molar-refractivity contribution in [2.75, 3.05) is 44.5 Å². The molecule has 0 atom stereocenters. The molecule has 1 N–H and O–H groups in total. The standard InChI is InChI=1S/C21H26Cl2N2O6S/c1-29-19-14-17(20(30-2)13-16(19)23)25(32(3,27)28)11-6-9-21(26)24-10-12-31-18-8-5-4-7-15(18)22/h4-5,7-8,13-14H,6,9-12H2,1-3H3,(H,24,26). The number of sulfonamides is 1. The smallest absolute Gasteiger partial charge is 0.232 e. The number of para-hydroxylation sites is 1. The van der Waals surface area contributed by atoms with Crippen molar-refractivity contribution in [2.24, 2.45) is 0 Å². The number of hydrogen-bond acceptors (Lipinski definition) is 6. The van der Waals surface area contributed by atoms with Crippen LogP contribution in [0.3, 0.4) is 0 Å². The van der Waals surface area contributed by atoms with Gasteiger partial charge in [-0.3, -0.25) is 9.10 Å². The molecule has 176 valence electrons. The zero-order valence-corrected chi connectivity index (χ0v) is 20.4. The van der Waals surface area contributed by atoms with Crippen LogP contribution in [0.25, 0.3) is 0 Å². The van der Waals surface area contributed by atoms with E-state index in [9.17, 15) is 13.2 Å². The van der Waals surface area contributed by atoms with Crippen molar-refractivity contribution in [2.45, 2.75) is 12.8 Å². The summed E-state index contributed by atoms with van der Waals surface area (Å²) < 4.78 is 42.0. The van der Waals surface area contributed by atoms with Crippen LogP contribution >= 0.6 is 23.2 Å². The van der Waals surface area contributed by atoms with Gasteiger partial charge in [0.05, 0.1) is 42.8 Å². The van der Waals surface area contributed by atoms with Gasteiger partial charge in [0.2, 0.25) is 15.9 Å². The lowest BCUT2D eigenvalue weighted by molar-refractivity contribution is -0.121. The Balaban J connectivity index is 1.92. The molecule has 0 aliphatic rings. The zero-order valence-electron chi connectivity index (χ0n) is 18.1. The van der Waals surface area contributed by atoms with Gasteiger partial charge < -0.3 is 19.5 Å². The summed E-state index contributed by atoms with van der Waals surface area (Å²) in [6.07, 6.45) is 1.50. The Hall–Kier alpha value is -2.36. The van der Waals surface area contributed by atoms with Crippen LogP contribution in [0.4, 0.5) is 5.69 Å². The summed E-state index contributed by atoms with van der Waals surface area (Å²) in [7, 11) is -0.802. The first-order chi connectivity index (χ1) is 15.2. The third-order valence-electron chi connectivity index (χ3n) is 4.41. The summed E-state index contributed by atoms with van der Waals surface area (Å²) in [5.74, 6) is 0.913. The van der Waals surface area contributed by atoms with Gasteiger partial charge in [-0.15, -0.1) is 0 Å². The number of rotatable bonds is 12. The van der Waals surface area contributed by atoms with Crippen LogP contribution in [-0.4, -0.2) is 54.5 Å². The fourth-order valence-corrected chi connectivity index (χ4v) is 4.27. The summed E-state index contributed by atoms with van der Waals surface area (Å²) >= 11 is 12.1. The predicted octanol–water partition coefficient (Wildman–Crippen LogP) is 3.75.